The van der Waals surface area contributed by atoms with E-state index in [-0.39, 0.29) is 6.04 Å². The van der Waals surface area contributed by atoms with Crippen LogP contribution in [0.1, 0.15) is 11.6 Å². The lowest BCUT2D eigenvalue weighted by atomic mass is 10.1. The average molecular weight is 231 g/mol. The third-order valence-corrected chi connectivity index (χ3v) is 2.92. The van der Waals surface area contributed by atoms with Crippen LogP contribution in [0.2, 0.25) is 0 Å². The van der Waals surface area contributed by atoms with Gasteiger partial charge in [-0.25, -0.2) is 0 Å². The molecule has 0 spiro atoms. The molecule has 2 rings (SSSR count). The zero-order valence-corrected chi connectivity index (χ0v) is 9.97. The van der Waals surface area contributed by atoms with E-state index < -0.39 is 0 Å². The van der Waals surface area contributed by atoms with E-state index in [1.54, 1.807) is 7.11 Å². The van der Waals surface area contributed by atoms with Crippen molar-refractivity contribution in [1.82, 2.24) is 4.90 Å². The fraction of sp³-hybridized carbons (Fsp3) is 0.308. The average Bonchev–Trinajstić information content (AvgIpc) is 2.72. The number of benzene rings is 1. The van der Waals surface area contributed by atoms with Crippen LogP contribution in [0.5, 0.6) is 5.75 Å². The fourth-order valence-corrected chi connectivity index (χ4v) is 2.00. The van der Waals surface area contributed by atoms with Gasteiger partial charge in [0.1, 0.15) is 5.75 Å². The van der Waals surface area contributed by atoms with Crippen LogP contribution < -0.4 is 10.5 Å². The highest BCUT2D eigenvalue weighted by molar-refractivity contribution is 5.80. The van der Waals surface area contributed by atoms with Crippen LogP contribution in [-0.4, -0.2) is 31.1 Å². The summed E-state index contributed by atoms with van der Waals surface area (Å²) in [6, 6.07) is 8.21. The number of aliphatic imine (C=N–C) groups is 1. The second-order valence-electron chi connectivity index (χ2n) is 3.93. The van der Waals surface area contributed by atoms with Crippen molar-refractivity contribution < 1.29 is 4.74 Å². The summed E-state index contributed by atoms with van der Waals surface area (Å²) < 4.78 is 5.14. The summed E-state index contributed by atoms with van der Waals surface area (Å²) in [4.78, 5) is 6.33. The molecule has 0 aromatic heterocycles. The molecule has 2 N–H and O–H groups in total. The topological polar surface area (TPSA) is 50.8 Å². The Morgan fingerprint density at radius 1 is 1.53 bits per heavy atom. The van der Waals surface area contributed by atoms with Gasteiger partial charge in [-0.05, 0) is 17.7 Å². The van der Waals surface area contributed by atoms with Crippen molar-refractivity contribution in [3.8, 4) is 5.75 Å². The number of methoxy groups -OCH3 is 1. The number of hydrogen-bond donors (Lipinski definition) is 1. The van der Waals surface area contributed by atoms with Gasteiger partial charge in [-0.3, -0.25) is 4.99 Å². The number of guanidine groups is 1. The highest BCUT2D eigenvalue weighted by atomic mass is 16.5. The van der Waals surface area contributed by atoms with Gasteiger partial charge in [-0.1, -0.05) is 18.2 Å². The minimum Gasteiger partial charge on any atom is -0.497 e. The van der Waals surface area contributed by atoms with Gasteiger partial charge in [0, 0.05) is 6.54 Å². The van der Waals surface area contributed by atoms with Gasteiger partial charge < -0.3 is 15.4 Å². The van der Waals surface area contributed by atoms with E-state index in [4.69, 9.17) is 10.5 Å². The van der Waals surface area contributed by atoms with E-state index >= 15 is 0 Å². The molecule has 0 amide bonds. The van der Waals surface area contributed by atoms with E-state index in [1.807, 2.05) is 30.3 Å². The maximum Gasteiger partial charge on any atom is 0.192 e. The van der Waals surface area contributed by atoms with E-state index in [9.17, 15) is 0 Å². The van der Waals surface area contributed by atoms with Crippen LogP contribution in [0.3, 0.4) is 0 Å². The summed E-state index contributed by atoms with van der Waals surface area (Å²) in [7, 11) is 1.66. The third kappa shape index (κ3) is 2.25. The summed E-state index contributed by atoms with van der Waals surface area (Å²) in [5.74, 6) is 1.45. The molecule has 0 bridgehead atoms. The van der Waals surface area contributed by atoms with E-state index in [0.29, 0.717) is 19.0 Å². The lowest BCUT2D eigenvalue weighted by Gasteiger charge is -2.25. The van der Waals surface area contributed by atoms with Crippen molar-refractivity contribution in [1.29, 1.82) is 0 Å². The molecule has 0 radical (unpaired) electrons. The van der Waals surface area contributed by atoms with Gasteiger partial charge in [0.05, 0.1) is 19.7 Å². The number of nitrogens with two attached hydrogens (primary N) is 1. The van der Waals surface area contributed by atoms with Gasteiger partial charge in [0.2, 0.25) is 0 Å². The molecule has 4 nitrogen and oxygen atoms in total. The van der Waals surface area contributed by atoms with Crippen molar-refractivity contribution in [2.75, 3.05) is 20.2 Å². The molecule has 0 saturated heterocycles. The minimum absolute atomic E-state index is 0.207. The number of nitrogens with zero attached hydrogens (tertiary/aromatic N) is 2. The predicted octanol–water partition coefficient (Wildman–Crippen LogP) is 1.55. The molecular formula is C13H17N3O. The highest BCUT2D eigenvalue weighted by Gasteiger charge is 2.26. The van der Waals surface area contributed by atoms with Crippen LogP contribution in [0.15, 0.2) is 41.9 Å². The molecule has 1 heterocycles. The molecule has 17 heavy (non-hydrogen) atoms. The molecule has 1 unspecified atom stereocenters. The van der Waals surface area contributed by atoms with E-state index in [0.717, 1.165) is 5.75 Å². The SMILES string of the molecule is C=CCN1C(N)=NCC1c1ccc(OC)cc1. The van der Waals surface area contributed by atoms with Crippen LogP contribution in [0, 0.1) is 0 Å². The number of hydrogen-bond acceptors (Lipinski definition) is 4. The normalized spacial score (nSPS) is 19.0. The molecule has 0 saturated carbocycles. The molecule has 1 aliphatic heterocycles. The summed E-state index contributed by atoms with van der Waals surface area (Å²) in [6.07, 6.45) is 1.84. The Bertz CT molecular complexity index is 425. The predicted molar refractivity (Wildman–Crippen MR) is 69.1 cm³/mol. The summed E-state index contributed by atoms with van der Waals surface area (Å²) in [5.41, 5.74) is 7.04. The third-order valence-electron chi connectivity index (χ3n) is 2.92. The first kappa shape index (κ1) is 11.5. The lowest BCUT2D eigenvalue weighted by Crippen LogP contribution is -2.36. The highest BCUT2D eigenvalue weighted by Crippen LogP contribution is 2.26. The lowest BCUT2D eigenvalue weighted by molar-refractivity contribution is 0.379. The van der Waals surface area contributed by atoms with Crippen molar-refractivity contribution in [2.24, 2.45) is 10.7 Å². The zero-order valence-electron chi connectivity index (χ0n) is 9.97. The Morgan fingerprint density at radius 3 is 2.82 bits per heavy atom. The van der Waals surface area contributed by atoms with Gasteiger partial charge in [-0.15, -0.1) is 6.58 Å². The second kappa shape index (κ2) is 4.91. The van der Waals surface area contributed by atoms with Gasteiger partial charge in [0.15, 0.2) is 5.96 Å². The van der Waals surface area contributed by atoms with E-state index in [1.165, 1.54) is 5.56 Å². The van der Waals surface area contributed by atoms with Crippen molar-refractivity contribution in [3.63, 3.8) is 0 Å². The Morgan fingerprint density at radius 2 is 2.24 bits per heavy atom. The largest absolute Gasteiger partial charge is 0.497 e. The smallest absolute Gasteiger partial charge is 0.192 e. The molecule has 1 aromatic carbocycles. The van der Waals surface area contributed by atoms with Gasteiger partial charge in [0.25, 0.3) is 0 Å². The Kier molecular flexibility index (Phi) is 3.32. The molecule has 1 aliphatic rings. The number of ether oxygens (including phenoxy) is 1. The zero-order chi connectivity index (χ0) is 12.3. The molecule has 4 heteroatoms. The fourth-order valence-electron chi connectivity index (χ4n) is 2.00. The van der Waals surface area contributed by atoms with Gasteiger partial charge in [-0.2, -0.15) is 0 Å². The van der Waals surface area contributed by atoms with Crippen molar-refractivity contribution in [2.45, 2.75) is 6.04 Å². The summed E-state index contributed by atoms with van der Waals surface area (Å²) in [6.45, 7) is 5.16. The van der Waals surface area contributed by atoms with Crippen LogP contribution in [-0.2, 0) is 0 Å². The summed E-state index contributed by atoms with van der Waals surface area (Å²) >= 11 is 0. The van der Waals surface area contributed by atoms with Crippen molar-refractivity contribution >= 4 is 5.96 Å². The first-order chi connectivity index (χ1) is 8.26. The van der Waals surface area contributed by atoms with E-state index in [2.05, 4.69) is 16.5 Å². The second-order valence-corrected chi connectivity index (χ2v) is 3.93. The summed E-state index contributed by atoms with van der Waals surface area (Å²) in [5, 5.41) is 0. The maximum atomic E-state index is 5.85. The first-order valence-corrected chi connectivity index (χ1v) is 5.57. The molecular weight excluding hydrogens is 214 g/mol. The van der Waals surface area contributed by atoms with Crippen LogP contribution >= 0.6 is 0 Å². The maximum absolute atomic E-state index is 5.85. The quantitative estimate of drug-likeness (QED) is 0.800. The Labute approximate surface area is 101 Å². The monoisotopic (exact) mass is 231 g/mol. The number of rotatable bonds is 4. The molecule has 0 fully saturated rings. The van der Waals surface area contributed by atoms with Crippen LogP contribution in [0.4, 0.5) is 0 Å². The Balaban J connectivity index is 2.18. The molecule has 90 valence electrons. The standard InChI is InChI=1S/C13H17N3O/c1-3-8-16-12(9-15-13(16)14)10-4-6-11(17-2)7-5-10/h3-7,12H,1,8-9H2,2H3,(H2,14,15). The Hall–Kier alpha value is -1.97. The molecule has 0 aliphatic carbocycles. The van der Waals surface area contributed by atoms with Crippen LogP contribution in [0.25, 0.3) is 0 Å². The minimum atomic E-state index is 0.207. The first-order valence-electron chi connectivity index (χ1n) is 5.57. The van der Waals surface area contributed by atoms with Gasteiger partial charge >= 0.3 is 0 Å². The molecule has 1 atom stereocenters. The van der Waals surface area contributed by atoms with Crippen molar-refractivity contribution in [3.05, 3.63) is 42.5 Å². The molecule has 1 aromatic rings.